The molecular formula is C45H66N4O10. The number of carboxylic acids is 1. The summed E-state index contributed by atoms with van der Waals surface area (Å²) in [6.07, 6.45) is 23.3. The summed E-state index contributed by atoms with van der Waals surface area (Å²) >= 11 is 0. The fourth-order valence-electron chi connectivity index (χ4n) is 6.45. The van der Waals surface area contributed by atoms with E-state index in [9.17, 15) is 39.6 Å². The standard InChI is InChI=1S/C45H66N4O10/c1-29(20-14-11-12-19-27-48-45(46)47)21-15-13-16-22-30(2)28-33(5)40(58-44-39(54)37(52)38(53)41(59-44)43(56)57)31(3)23-17-9-7-6-8-10-18-24-32(4)42(55)49-36-34(50)25-26-35(36)51/h6-11,14-15,17-18,21,23-24,28-31,36-41,44,52-54H,12-13,16,19-20,22,25-27H2,1-5H3,(H,49,55)(H,56,57)(H4,46,47,48). The Bertz CT molecular complexity index is 1640. The molecule has 1 heterocycles. The Morgan fingerprint density at radius 1 is 0.847 bits per heavy atom. The summed E-state index contributed by atoms with van der Waals surface area (Å²) in [5.74, 6) is -2.09. The van der Waals surface area contributed by atoms with Gasteiger partial charge in [0.1, 0.15) is 24.4 Å². The van der Waals surface area contributed by atoms with Crippen LogP contribution in [0.15, 0.2) is 101 Å². The number of nitrogens with two attached hydrogens (primary N) is 2. The number of aliphatic carboxylic acids is 1. The van der Waals surface area contributed by atoms with Crippen LogP contribution in [0.2, 0.25) is 0 Å². The van der Waals surface area contributed by atoms with Gasteiger partial charge in [-0.1, -0.05) is 106 Å². The molecule has 0 aromatic carbocycles. The van der Waals surface area contributed by atoms with Crippen molar-refractivity contribution < 1.29 is 49.1 Å². The number of aliphatic hydroxyl groups is 3. The Balaban J connectivity index is 2.01. The third kappa shape index (κ3) is 18.8. The molecular weight excluding hydrogens is 757 g/mol. The molecule has 1 aliphatic carbocycles. The maximum Gasteiger partial charge on any atom is 0.335 e. The molecule has 2 rings (SSSR count). The summed E-state index contributed by atoms with van der Waals surface area (Å²) in [5, 5.41) is 43.3. The first kappa shape index (κ1) is 50.4. The van der Waals surface area contributed by atoms with E-state index in [1.807, 2.05) is 26.0 Å². The molecule has 9 atom stereocenters. The molecule has 0 spiro atoms. The van der Waals surface area contributed by atoms with Crippen molar-refractivity contribution in [3.8, 4) is 0 Å². The van der Waals surface area contributed by atoms with Gasteiger partial charge in [0.05, 0.1) is 6.10 Å². The molecule has 1 aliphatic heterocycles. The highest BCUT2D eigenvalue weighted by atomic mass is 16.7. The van der Waals surface area contributed by atoms with Crippen molar-refractivity contribution in [1.82, 2.24) is 5.32 Å². The van der Waals surface area contributed by atoms with Crippen molar-refractivity contribution >= 4 is 29.4 Å². The first-order valence-corrected chi connectivity index (χ1v) is 20.4. The number of Topliss-reactive ketones (excluding diaryl/α,β-unsaturated/α-hetero) is 2. The molecule has 0 aromatic rings. The summed E-state index contributed by atoms with van der Waals surface area (Å²) in [4.78, 5) is 51.6. The average Bonchev–Trinajstić information content (AvgIpc) is 3.50. The molecule has 14 nitrogen and oxygen atoms in total. The molecule has 0 bridgehead atoms. The number of unbranched alkanes of at least 4 members (excludes halogenated alkanes) is 2. The molecule has 59 heavy (non-hydrogen) atoms. The van der Waals surface area contributed by atoms with E-state index in [4.69, 9.17) is 20.9 Å². The first-order chi connectivity index (χ1) is 28.0. The fourth-order valence-corrected chi connectivity index (χ4v) is 6.45. The number of aliphatic imine (C=N–C) groups is 1. The number of ketones is 2. The minimum Gasteiger partial charge on any atom is -0.479 e. The second-order valence-electron chi connectivity index (χ2n) is 15.3. The SMILES string of the molecule is CC(=CC=CC=CC=CC=CC(C)C(OC1OC(C(=O)O)C(O)C(O)C1O)C(C)=CC(C)CCCC=CC(C)CC=CCCCN=C(N)N)C(=O)NC1C(=O)CCC1=O. The first-order valence-electron chi connectivity index (χ1n) is 20.4. The maximum atomic E-state index is 12.3. The number of carbonyl (C=O) groups excluding carboxylic acids is 3. The highest BCUT2D eigenvalue weighted by molar-refractivity contribution is 6.15. The smallest absolute Gasteiger partial charge is 0.335 e. The van der Waals surface area contributed by atoms with Crippen molar-refractivity contribution in [2.45, 2.75) is 129 Å². The minimum absolute atomic E-state index is 0.118. The van der Waals surface area contributed by atoms with Gasteiger partial charge in [-0.05, 0) is 69.8 Å². The predicted octanol–water partition coefficient (Wildman–Crippen LogP) is 4.43. The van der Waals surface area contributed by atoms with Crippen molar-refractivity contribution in [1.29, 1.82) is 0 Å². The lowest BCUT2D eigenvalue weighted by Crippen LogP contribution is -2.61. The van der Waals surface area contributed by atoms with Gasteiger partial charge >= 0.3 is 5.97 Å². The zero-order valence-electron chi connectivity index (χ0n) is 35.1. The van der Waals surface area contributed by atoms with Crippen molar-refractivity contribution in [2.75, 3.05) is 6.54 Å². The van der Waals surface area contributed by atoms with E-state index in [1.54, 1.807) is 49.5 Å². The predicted molar refractivity (Wildman–Crippen MR) is 229 cm³/mol. The molecule has 2 fully saturated rings. The van der Waals surface area contributed by atoms with E-state index in [2.05, 4.69) is 54.5 Å². The van der Waals surface area contributed by atoms with Gasteiger partial charge in [0.25, 0.3) is 0 Å². The van der Waals surface area contributed by atoms with Gasteiger partial charge in [-0.2, -0.15) is 0 Å². The number of allylic oxidation sites excluding steroid dienone is 13. The summed E-state index contributed by atoms with van der Waals surface area (Å²) in [6, 6.07) is -1.06. The molecule has 0 aromatic heterocycles. The topological polar surface area (TPSA) is 244 Å². The van der Waals surface area contributed by atoms with Crippen LogP contribution < -0.4 is 16.8 Å². The lowest BCUT2D eigenvalue weighted by molar-refractivity contribution is -0.303. The van der Waals surface area contributed by atoms with Gasteiger partial charge in [-0.3, -0.25) is 19.4 Å². The molecule has 14 heteroatoms. The number of rotatable bonds is 24. The minimum atomic E-state index is -1.83. The molecule has 0 radical (unpaired) electrons. The number of hydrogen-bond donors (Lipinski definition) is 7. The van der Waals surface area contributed by atoms with Gasteiger partial charge in [-0.25, -0.2) is 4.79 Å². The number of ether oxygens (including phenoxy) is 2. The quantitative estimate of drug-likeness (QED) is 0.0136. The number of guanidine groups is 1. The molecule has 9 unspecified atom stereocenters. The number of aliphatic hydroxyl groups excluding tert-OH is 3. The van der Waals surface area contributed by atoms with Crippen LogP contribution in [0.25, 0.3) is 0 Å². The highest BCUT2D eigenvalue weighted by Gasteiger charge is 2.48. The maximum absolute atomic E-state index is 12.3. The molecule has 9 N–H and O–H groups in total. The lowest BCUT2D eigenvalue weighted by Gasteiger charge is -2.40. The normalized spacial score (nSPS) is 24.6. The lowest BCUT2D eigenvalue weighted by atomic mass is 9.92. The van der Waals surface area contributed by atoms with Crippen LogP contribution >= 0.6 is 0 Å². The van der Waals surface area contributed by atoms with E-state index >= 15 is 0 Å². The van der Waals surface area contributed by atoms with Crippen molar-refractivity contribution in [3.63, 3.8) is 0 Å². The van der Waals surface area contributed by atoms with Gasteiger partial charge in [-0.15, -0.1) is 0 Å². The Hall–Kier alpha value is -4.73. The Kier molecular flexibility index (Phi) is 23.2. The van der Waals surface area contributed by atoms with Crippen molar-refractivity contribution in [3.05, 3.63) is 96.2 Å². The van der Waals surface area contributed by atoms with Gasteiger partial charge in [0.15, 0.2) is 29.9 Å². The summed E-state index contributed by atoms with van der Waals surface area (Å²) in [5.41, 5.74) is 11.9. The van der Waals surface area contributed by atoms with E-state index in [0.29, 0.717) is 18.0 Å². The monoisotopic (exact) mass is 822 g/mol. The fraction of sp³-hybridized carbons (Fsp3) is 0.533. The number of amides is 1. The van der Waals surface area contributed by atoms with Crippen LogP contribution in [0.3, 0.4) is 0 Å². The molecule has 326 valence electrons. The van der Waals surface area contributed by atoms with Crippen molar-refractivity contribution in [2.24, 2.45) is 34.2 Å². The largest absolute Gasteiger partial charge is 0.479 e. The molecule has 1 saturated carbocycles. The second kappa shape index (κ2) is 27.1. The number of carbonyl (C=O) groups is 4. The van der Waals surface area contributed by atoms with E-state index in [-0.39, 0.29) is 42.2 Å². The van der Waals surface area contributed by atoms with E-state index in [1.165, 1.54) is 0 Å². The highest BCUT2D eigenvalue weighted by Crippen LogP contribution is 2.29. The number of carboxylic acid groups (broad SMARTS) is 1. The van der Waals surface area contributed by atoms with Crippen LogP contribution in [-0.4, -0.2) is 99.2 Å². The summed E-state index contributed by atoms with van der Waals surface area (Å²) in [6.45, 7) is 10.3. The Labute approximate surface area is 348 Å². The van der Waals surface area contributed by atoms with Gasteiger partial charge in [0.2, 0.25) is 5.91 Å². The van der Waals surface area contributed by atoms with Crippen LogP contribution in [0.5, 0.6) is 0 Å². The summed E-state index contributed by atoms with van der Waals surface area (Å²) < 4.78 is 11.7. The third-order valence-electron chi connectivity index (χ3n) is 9.88. The van der Waals surface area contributed by atoms with E-state index in [0.717, 1.165) is 44.1 Å². The average molecular weight is 823 g/mol. The molecule has 1 amide bonds. The summed E-state index contributed by atoms with van der Waals surface area (Å²) in [7, 11) is 0. The van der Waals surface area contributed by atoms with Crippen LogP contribution in [0.4, 0.5) is 0 Å². The Morgan fingerprint density at radius 3 is 2.12 bits per heavy atom. The number of nitrogens with zero attached hydrogens (tertiary/aromatic N) is 1. The molecule has 2 aliphatic rings. The second-order valence-corrected chi connectivity index (χ2v) is 15.3. The molecule has 1 saturated heterocycles. The third-order valence-corrected chi connectivity index (χ3v) is 9.88. The van der Waals surface area contributed by atoms with Gasteiger partial charge in [0, 0.05) is 30.9 Å². The van der Waals surface area contributed by atoms with Crippen LogP contribution in [0.1, 0.15) is 86.0 Å². The zero-order valence-corrected chi connectivity index (χ0v) is 35.1. The number of hydrogen-bond acceptors (Lipinski definition) is 10. The van der Waals surface area contributed by atoms with Crippen LogP contribution in [-0.2, 0) is 28.7 Å². The van der Waals surface area contributed by atoms with E-state index < -0.39 is 54.7 Å². The van der Waals surface area contributed by atoms with Gasteiger partial charge < -0.3 is 46.7 Å². The zero-order chi connectivity index (χ0) is 43.9. The van der Waals surface area contributed by atoms with Crippen LogP contribution in [0, 0.1) is 17.8 Å². The Morgan fingerprint density at radius 2 is 1.47 bits per heavy atom. The number of nitrogens with one attached hydrogen (secondary N) is 1.